The Kier molecular flexibility index (Phi) is 4.51. The number of fused-ring (bicyclic) bond motifs is 1. The third kappa shape index (κ3) is 3.25. The van der Waals surface area contributed by atoms with Crippen molar-refractivity contribution in [1.82, 2.24) is 5.32 Å². The third-order valence-electron chi connectivity index (χ3n) is 5.20. The molecule has 2 aliphatic rings. The number of benzene rings is 2. The van der Waals surface area contributed by atoms with Crippen LogP contribution >= 0.6 is 0 Å². The second-order valence-electron chi connectivity index (χ2n) is 6.95. The van der Waals surface area contributed by atoms with Crippen LogP contribution in [0.15, 0.2) is 54.6 Å². The highest BCUT2D eigenvalue weighted by Gasteiger charge is 2.36. The summed E-state index contributed by atoms with van der Waals surface area (Å²) in [6.45, 7) is 1.94. The van der Waals surface area contributed by atoms with Crippen LogP contribution in [0.2, 0.25) is 0 Å². The molecule has 2 heterocycles. The molecule has 0 aliphatic carbocycles. The van der Waals surface area contributed by atoms with Gasteiger partial charge < -0.3 is 14.8 Å². The maximum Gasteiger partial charge on any atom is 0.337 e. The fourth-order valence-corrected chi connectivity index (χ4v) is 3.80. The summed E-state index contributed by atoms with van der Waals surface area (Å²) >= 11 is 0. The Bertz CT molecular complexity index is 833. The van der Waals surface area contributed by atoms with Crippen LogP contribution in [0.1, 0.15) is 34.3 Å². The molecule has 134 valence electrons. The van der Waals surface area contributed by atoms with E-state index in [1.54, 1.807) is 0 Å². The maximum absolute atomic E-state index is 11.6. The summed E-state index contributed by atoms with van der Waals surface area (Å²) in [5, 5.41) is 3.41. The minimum Gasteiger partial charge on any atom is -0.482 e. The summed E-state index contributed by atoms with van der Waals surface area (Å²) in [5.74, 6) is 0.666. The Balaban J connectivity index is 1.65. The number of allylic oxidation sites excluding steroid dienone is 1. The molecule has 0 aromatic heterocycles. The summed E-state index contributed by atoms with van der Waals surface area (Å²) in [4.78, 5) is 11.6. The van der Waals surface area contributed by atoms with Gasteiger partial charge in [0.05, 0.1) is 12.7 Å². The lowest BCUT2D eigenvalue weighted by Crippen LogP contribution is -2.46. The van der Waals surface area contributed by atoms with Gasteiger partial charge in [0.25, 0.3) is 0 Å². The Morgan fingerprint density at radius 1 is 1.12 bits per heavy atom. The number of carbonyl (C=O) groups is 1. The van der Waals surface area contributed by atoms with Gasteiger partial charge in [0.15, 0.2) is 0 Å². The average Bonchev–Trinajstić information content (AvgIpc) is 2.68. The number of hydrogen-bond donors (Lipinski definition) is 1. The van der Waals surface area contributed by atoms with E-state index < -0.39 is 0 Å². The molecular weight excluding hydrogens is 326 g/mol. The summed E-state index contributed by atoms with van der Waals surface area (Å²) in [7, 11) is 1.40. The van der Waals surface area contributed by atoms with Crippen molar-refractivity contribution in [1.29, 1.82) is 0 Å². The van der Waals surface area contributed by atoms with E-state index in [1.807, 2.05) is 30.3 Å². The molecule has 1 spiro atoms. The summed E-state index contributed by atoms with van der Waals surface area (Å²) < 4.78 is 11.2. The van der Waals surface area contributed by atoms with Crippen LogP contribution in [0.4, 0.5) is 0 Å². The second kappa shape index (κ2) is 6.96. The number of methoxy groups -OCH3 is 1. The van der Waals surface area contributed by atoms with Gasteiger partial charge in [-0.05, 0) is 54.9 Å². The molecule has 4 heteroatoms. The van der Waals surface area contributed by atoms with Crippen molar-refractivity contribution in [3.05, 3.63) is 71.3 Å². The number of piperidine rings is 1. The highest BCUT2D eigenvalue weighted by molar-refractivity contribution is 5.89. The lowest BCUT2D eigenvalue weighted by Gasteiger charge is -2.40. The molecule has 2 aliphatic heterocycles. The third-order valence-corrected chi connectivity index (χ3v) is 5.20. The zero-order valence-electron chi connectivity index (χ0n) is 15.0. The van der Waals surface area contributed by atoms with E-state index >= 15 is 0 Å². The molecule has 0 amide bonds. The lowest BCUT2D eigenvalue weighted by atomic mass is 9.83. The van der Waals surface area contributed by atoms with Gasteiger partial charge in [0.2, 0.25) is 0 Å². The minimum absolute atomic E-state index is 0.207. The number of rotatable bonds is 3. The highest BCUT2D eigenvalue weighted by Crippen LogP contribution is 2.41. The van der Waals surface area contributed by atoms with Gasteiger partial charge in [-0.2, -0.15) is 0 Å². The molecule has 4 rings (SSSR count). The maximum atomic E-state index is 11.6. The SMILES string of the molecule is COC(=O)c1ccc(CC2=CC3(CCNCC3)Oc3ccccc32)cc1. The molecule has 0 atom stereocenters. The predicted octanol–water partition coefficient (Wildman–Crippen LogP) is 3.61. The van der Waals surface area contributed by atoms with Crippen LogP contribution in [-0.2, 0) is 11.2 Å². The molecule has 0 radical (unpaired) electrons. The lowest BCUT2D eigenvalue weighted by molar-refractivity contribution is 0.0600. The van der Waals surface area contributed by atoms with Gasteiger partial charge in [0.1, 0.15) is 11.4 Å². The van der Waals surface area contributed by atoms with Crippen molar-refractivity contribution in [3.8, 4) is 5.75 Å². The van der Waals surface area contributed by atoms with Gasteiger partial charge in [-0.1, -0.05) is 30.3 Å². The summed E-state index contributed by atoms with van der Waals surface area (Å²) in [6.07, 6.45) is 5.10. The van der Waals surface area contributed by atoms with Crippen molar-refractivity contribution in [2.45, 2.75) is 24.9 Å². The Morgan fingerprint density at radius 3 is 2.58 bits per heavy atom. The standard InChI is InChI=1S/C22H23NO3/c1-25-21(24)17-8-6-16(7-9-17)14-18-15-22(10-12-23-13-11-22)26-20-5-3-2-4-19(18)20/h2-9,15,23H,10-14H2,1H3. The van der Waals surface area contributed by atoms with Crippen LogP contribution < -0.4 is 10.1 Å². The summed E-state index contributed by atoms with van der Waals surface area (Å²) in [5.41, 5.74) is 3.99. The van der Waals surface area contributed by atoms with Gasteiger partial charge in [-0.3, -0.25) is 0 Å². The van der Waals surface area contributed by atoms with E-state index in [9.17, 15) is 4.79 Å². The monoisotopic (exact) mass is 349 g/mol. The van der Waals surface area contributed by atoms with E-state index in [-0.39, 0.29) is 11.6 Å². The fourth-order valence-electron chi connectivity index (χ4n) is 3.80. The normalized spacial score (nSPS) is 17.8. The molecule has 1 fully saturated rings. The van der Waals surface area contributed by atoms with E-state index in [1.165, 1.54) is 18.2 Å². The van der Waals surface area contributed by atoms with Crippen molar-refractivity contribution in [2.75, 3.05) is 20.2 Å². The molecule has 0 unspecified atom stereocenters. The number of ether oxygens (including phenoxy) is 2. The van der Waals surface area contributed by atoms with Crippen LogP contribution in [0.3, 0.4) is 0 Å². The smallest absolute Gasteiger partial charge is 0.337 e. The quantitative estimate of drug-likeness (QED) is 0.860. The molecule has 0 saturated carbocycles. The number of carbonyl (C=O) groups excluding carboxylic acids is 1. The zero-order chi connectivity index (χ0) is 18.0. The predicted molar refractivity (Wildman–Crippen MR) is 101 cm³/mol. The largest absolute Gasteiger partial charge is 0.482 e. The molecule has 4 nitrogen and oxygen atoms in total. The van der Waals surface area contributed by atoms with Crippen LogP contribution in [0, 0.1) is 0 Å². The van der Waals surface area contributed by atoms with Crippen molar-refractivity contribution < 1.29 is 14.3 Å². The van der Waals surface area contributed by atoms with Crippen molar-refractivity contribution >= 4 is 11.5 Å². The first kappa shape index (κ1) is 16.9. The second-order valence-corrected chi connectivity index (χ2v) is 6.95. The van der Waals surface area contributed by atoms with E-state index in [0.29, 0.717) is 5.56 Å². The summed E-state index contributed by atoms with van der Waals surface area (Å²) in [6, 6.07) is 15.9. The molecule has 2 aromatic rings. The van der Waals surface area contributed by atoms with Crippen LogP contribution in [-0.4, -0.2) is 31.8 Å². The van der Waals surface area contributed by atoms with Crippen molar-refractivity contribution in [3.63, 3.8) is 0 Å². The number of nitrogens with one attached hydrogen (secondary N) is 1. The Labute approximate surface area is 153 Å². The minimum atomic E-state index is -0.305. The van der Waals surface area contributed by atoms with Crippen LogP contribution in [0.25, 0.3) is 5.57 Å². The van der Waals surface area contributed by atoms with Gasteiger partial charge in [0, 0.05) is 18.4 Å². The molecule has 26 heavy (non-hydrogen) atoms. The first-order valence-corrected chi connectivity index (χ1v) is 9.07. The molecule has 1 saturated heterocycles. The fraction of sp³-hybridized carbons (Fsp3) is 0.318. The molecule has 2 aromatic carbocycles. The van der Waals surface area contributed by atoms with Gasteiger partial charge >= 0.3 is 5.97 Å². The van der Waals surface area contributed by atoms with Crippen LogP contribution in [0.5, 0.6) is 5.75 Å². The van der Waals surface area contributed by atoms with Gasteiger partial charge in [-0.25, -0.2) is 4.79 Å². The average molecular weight is 349 g/mol. The Hall–Kier alpha value is -2.59. The van der Waals surface area contributed by atoms with Gasteiger partial charge in [-0.15, -0.1) is 0 Å². The van der Waals surface area contributed by atoms with Crippen molar-refractivity contribution in [2.24, 2.45) is 0 Å². The van der Waals surface area contributed by atoms with E-state index in [2.05, 4.69) is 29.6 Å². The molecule has 0 bridgehead atoms. The molecule has 1 N–H and O–H groups in total. The topological polar surface area (TPSA) is 47.6 Å². The number of hydrogen-bond acceptors (Lipinski definition) is 4. The number of para-hydroxylation sites is 1. The first-order valence-electron chi connectivity index (χ1n) is 9.07. The highest BCUT2D eigenvalue weighted by atomic mass is 16.5. The van der Waals surface area contributed by atoms with E-state index in [4.69, 9.17) is 9.47 Å². The first-order chi connectivity index (χ1) is 12.7. The Morgan fingerprint density at radius 2 is 1.85 bits per heavy atom. The molecular formula is C22H23NO3. The van der Waals surface area contributed by atoms with E-state index in [0.717, 1.165) is 43.7 Å². The number of esters is 1. The zero-order valence-corrected chi connectivity index (χ0v) is 15.0.